The Hall–Kier alpha value is -1.38. The van der Waals surface area contributed by atoms with E-state index >= 15 is 0 Å². The number of nitrogens with zero attached hydrogens (tertiary/aromatic N) is 2. The Kier molecular flexibility index (Phi) is 5.25. The van der Waals surface area contributed by atoms with Crippen molar-refractivity contribution in [1.82, 2.24) is 9.29 Å². The number of hydrogen-bond acceptors (Lipinski definition) is 6. The Labute approximate surface area is 133 Å². The highest BCUT2D eigenvalue weighted by Gasteiger charge is 2.18. The highest BCUT2D eigenvalue weighted by atomic mass is 32.2. The van der Waals surface area contributed by atoms with Crippen LogP contribution in [0, 0.1) is 0 Å². The van der Waals surface area contributed by atoms with E-state index in [9.17, 15) is 13.2 Å². The van der Waals surface area contributed by atoms with Gasteiger partial charge in [-0.2, -0.15) is 0 Å². The molecule has 6 nitrogen and oxygen atoms in total. The van der Waals surface area contributed by atoms with Gasteiger partial charge < -0.3 is 9.21 Å². The summed E-state index contributed by atoms with van der Waals surface area (Å²) in [6, 6.07) is 4.62. The lowest BCUT2D eigenvalue weighted by atomic mass is 10.3. The smallest absolute Gasteiger partial charge is 0.256 e. The molecule has 1 aromatic heterocycles. The maximum absolute atomic E-state index is 12.1. The molecule has 2 rings (SSSR count). The predicted octanol–water partition coefficient (Wildman–Crippen LogP) is 2.54. The molecule has 0 aliphatic rings. The van der Waals surface area contributed by atoms with Gasteiger partial charge in [0.2, 0.25) is 10.0 Å². The largest absolute Gasteiger partial charge is 0.431 e. The van der Waals surface area contributed by atoms with E-state index in [0.717, 1.165) is 16.5 Å². The average Bonchev–Trinajstić information content (AvgIpc) is 2.84. The third-order valence-electron chi connectivity index (χ3n) is 3.02. The fourth-order valence-electron chi connectivity index (χ4n) is 1.80. The van der Waals surface area contributed by atoms with E-state index in [0.29, 0.717) is 22.7 Å². The summed E-state index contributed by atoms with van der Waals surface area (Å²) in [6.07, 6.45) is 1.30. The fraction of sp³-hybridized carbons (Fsp3) is 0.429. The van der Waals surface area contributed by atoms with Gasteiger partial charge in [-0.15, -0.1) is 0 Å². The summed E-state index contributed by atoms with van der Waals surface area (Å²) >= 11 is 1.42. The zero-order valence-electron chi connectivity index (χ0n) is 12.7. The molecule has 0 fully saturated rings. The zero-order valence-corrected chi connectivity index (χ0v) is 14.3. The van der Waals surface area contributed by atoms with Gasteiger partial charge in [0.05, 0.1) is 4.90 Å². The number of benzene rings is 1. The first-order chi connectivity index (χ1) is 10.3. The van der Waals surface area contributed by atoms with Crippen LogP contribution >= 0.6 is 11.8 Å². The van der Waals surface area contributed by atoms with Crippen LogP contribution in [0.3, 0.4) is 0 Å². The number of carbonyl (C=O) groups is 1. The minimum Gasteiger partial charge on any atom is -0.431 e. The molecule has 0 aliphatic heterocycles. The molecule has 0 unspecified atom stereocenters. The molecule has 1 heterocycles. The number of thioether (sulfide) groups is 1. The van der Waals surface area contributed by atoms with E-state index < -0.39 is 10.0 Å². The summed E-state index contributed by atoms with van der Waals surface area (Å²) < 4.78 is 30.9. The zero-order chi connectivity index (χ0) is 16.3. The Morgan fingerprint density at radius 1 is 1.36 bits per heavy atom. The molecule has 0 bridgehead atoms. The quantitative estimate of drug-likeness (QED) is 0.568. The van der Waals surface area contributed by atoms with Crippen LogP contribution in [0.25, 0.3) is 11.1 Å². The lowest BCUT2D eigenvalue weighted by molar-refractivity contribution is -0.117. The number of sulfonamides is 1. The Balaban J connectivity index is 2.16. The molecule has 8 heteroatoms. The normalized spacial score (nSPS) is 12.2. The molecule has 120 valence electrons. The first-order valence-corrected chi connectivity index (χ1v) is 9.18. The number of rotatable bonds is 7. The van der Waals surface area contributed by atoms with Crippen LogP contribution in [0.1, 0.15) is 19.8 Å². The third-order valence-corrected chi connectivity index (χ3v) is 5.74. The predicted molar refractivity (Wildman–Crippen MR) is 85.5 cm³/mol. The van der Waals surface area contributed by atoms with E-state index in [2.05, 4.69) is 4.98 Å². The average molecular weight is 342 g/mol. The molecule has 0 spiro atoms. The summed E-state index contributed by atoms with van der Waals surface area (Å²) in [5.74, 6) is 0.895. The highest BCUT2D eigenvalue weighted by Crippen LogP contribution is 2.26. The topological polar surface area (TPSA) is 80.5 Å². The Morgan fingerprint density at radius 2 is 2.09 bits per heavy atom. The summed E-state index contributed by atoms with van der Waals surface area (Å²) in [4.78, 5) is 15.4. The van der Waals surface area contributed by atoms with Crippen molar-refractivity contribution in [3.05, 3.63) is 18.2 Å². The van der Waals surface area contributed by atoms with Crippen LogP contribution in [0.2, 0.25) is 0 Å². The van der Waals surface area contributed by atoms with Crippen LogP contribution in [0.15, 0.2) is 32.7 Å². The van der Waals surface area contributed by atoms with E-state index in [4.69, 9.17) is 4.42 Å². The summed E-state index contributed by atoms with van der Waals surface area (Å²) in [6.45, 7) is 1.57. The number of hydrogen-bond donors (Lipinski definition) is 0. The number of aromatic nitrogens is 1. The number of ketones is 1. The van der Waals surface area contributed by atoms with Crippen LogP contribution < -0.4 is 0 Å². The van der Waals surface area contributed by atoms with Crippen molar-refractivity contribution in [2.24, 2.45) is 0 Å². The van der Waals surface area contributed by atoms with Gasteiger partial charge in [-0.1, -0.05) is 11.8 Å². The third kappa shape index (κ3) is 3.88. The maximum Gasteiger partial charge on any atom is 0.256 e. The maximum atomic E-state index is 12.1. The minimum atomic E-state index is -3.48. The molecule has 0 saturated heterocycles. The highest BCUT2D eigenvalue weighted by molar-refractivity contribution is 7.99. The summed E-state index contributed by atoms with van der Waals surface area (Å²) in [7, 11) is -0.513. The number of carbonyl (C=O) groups excluding carboxylic acids is 1. The van der Waals surface area contributed by atoms with Crippen LogP contribution in [-0.4, -0.2) is 43.3 Å². The van der Waals surface area contributed by atoms with Crippen molar-refractivity contribution < 1.29 is 17.6 Å². The molecule has 0 radical (unpaired) electrons. The van der Waals surface area contributed by atoms with Crippen LogP contribution in [0.4, 0.5) is 0 Å². The number of Topliss-reactive ketones (excluding diaryl/α,β-unsaturated/α-hetero) is 1. The van der Waals surface area contributed by atoms with E-state index in [-0.39, 0.29) is 10.7 Å². The monoisotopic (exact) mass is 342 g/mol. The second kappa shape index (κ2) is 6.80. The molecule has 22 heavy (non-hydrogen) atoms. The van der Waals surface area contributed by atoms with E-state index in [1.165, 1.54) is 38.0 Å². The second-order valence-electron chi connectivity index (χ2n) is 5.05. The summed E-state index contributed by atoms with van der Waals surface area (Å²) in [5, 5.41) is 0.484. The van der Waals surface area contributed by atoms with Crippen molar-refractivity contribution in [3.8, 4) is 0 Å². The molecule has 0 amide bonds. The van der Waals surface area contributed by atoms with Gasteiger partial charge >= 0.3 is 0 Å². The molecule has 0 aliphatic carbocycles. The van der Waals surface area contributed by atoms with Crippen LogP contribution in [0.5, 0.6) is 0 Å². The molecule has 0 N–H and O–H groups in total. The van der Waals surface area contributed by atoms with Gasteiger partial charge in [0, 0.05) is 26.3 Å². The molecular weight excluding hydrogens is 324 g/mol. The number of oxazole rings is 1. The fourth-order valence-corrected chi connectivity index (χ4v) is 3.50. The van der Waals surface area contributed by atoms with E-state index in [1.807, 2.05) is 0 Å². The molecule has 0 saturated carbocycles. The first kappa shape index (κ1) is 17.0. The van der Waals surface area contributed by atoms with Gasteiger partial charge in [-0.05, 0) is 31.5 Å². The Bertz CT molecular complexity index is 781. The van der Waals surface area contributed by atoms with Crippen molar-refractivity contribution in [1.29, 1.82) is 0 Å². The summed E-state index contributed by atoms with van der Waals surface area (Å²) in [5.41, 5.74) is 1.06. The van der Waals surface area contributed by atoms with Gasteiger partial charge in [0.25, 0.3) is 5.22 Å². The Morgan fingerprint density at radius 3 is 2.73 bits per heavy atom. The van der Waals surface area contributed by atoms with Crippen molar-refractivity contribution >= 4 is 38.7 Å². The van der Waals surface area contributed by atoms with Gasteiger partial charge in [0.1, 0.15) is 11.3 Å². The minimum absolute atomic E-state index is 0.164. The van der Waals surface area contributed by atoms with Crippen molar-refractivity contribution in [2.45, 2.75) is 29.9 Å². The van der Waals surface area contributed by atoms with Crippen molar-refractivity contribution in [3.63, 3.8) is 0 Å². The van der Waals surface area contributed by atoms with Gasteiger partial charge in [0.15, 0.2) is 5.58 Å². The molecule has 0 atom stereocenters. The molecule has 2 aromatic rings. The second-order valence-corrected chi connectivity index (χ2v) is 8.25. The number of fused-ring (bicyclic) bond motifs is 1. The van der Waals surface area contributed by atoms with Crippen molar-refractivity contribution in [2.75, 3.05) is 19.8 Å². The van der Waals surface area contributed by atoms with Crippen LogP contribution in [-0.2, 0) is 14.8 Å². The molecular formula is C14H18N2O4S2. The lowest BCUT2D eigenvalue weighted by Crippen LogP contribution is -2.22. The van der Waals surface area contributed by atoms with E-state index in [1.54, 1.807) is 13.0 Å². The molecule has 1 aromatic carbocycles. The lowest BCUT2D eigenvalue weighted by Gasteiger charge is -2.10. The van der Waals surface area contributed by atoms with Gasteiger partial charge in [-0.25, -0.2) is 17.7 Å². The SMILES string of the molecule is CC(=O)CCCSc1nc2cc(S(=O)(=O)N(C)C)ccc2o1. The van der Waals surface area contributed by atoms with Gasteiger partial charge in [-0.3, -0.25) is 0 Å². The first-order valence-electron chi connectivity index (χ1n) is 6.76. The standard InChI is InChI=1S/C14H18N2O4S2/c1-10(17)5-4-8-21-14-15-12-9-11(6-7-13(12)20-14)22(18,19)16(2)3/h6-7,9H,4-5,8H2,1-3H3.